The average Bonchev–Trinajstić information content (AvgIpc) is 2.74. The van der Waals surface area contributed by atoms with Crippen LogP contribution >= 0.6 is 0 Å². The fourth-order valence-corrected chi connectivity index (χ4v) is 4.47. The van der Waals surface area contributed by atoms with Crippen LogP contribution in [0.3, 0.4) is 0 Å². The number of rotatable bonds is 2. The molecular formula is C16H21F2N. The lowest BCUT2D eigenvalue weighted by Crippen LogP contribution is -2.45. The van der Waals surface area contributed by atoms with Crippen molar-refractivity contribution in [2.75, 3.05) is 5.32 Å². The summed E-state index contributed by atoms with van der Waals surface area (Å²) in [7, 11) is 0. The number of benzene rings is 1. The third-order valence-electron chi connectivity index (χ3n) is 5.44. The maximum Gasteiger partial charge on any atom is 0.128 e. The van der Waals surface area contributed by atoms with Gasteiger partial charge in [0.15, 0.2) is 0 Å². The Hall–Kier alpha value is -1.12. The van der Waals surface area contributed by atoms with E-state index in [-0.39, 0.29) is 16.9 Å². The summed E-state index contributed by atoms with van der Waals surface area (Å²) in [6.07, 6.45) is 3.70. The number of nitrogens with one attached hydrogen (secondary N) is 1. The molecule has 0 amide bonds. The predicted octanol–water partition coefficient (Wildman–Crippen LogP) is 4.59. The van der Waals surface area contributed by atoms with E-state index in [0.717, 1.165) is 6.07 Å². The van der Waals surface area contributed by atoms with Gasteiger partial charge >= 0.3 is 0 Å². The molecule has 0 saturated heterocycles. The minimum atomic E-state index is -0.520. The first-order valence-electron chi connectivity index (χ1n) is 7.04. The molecular weight excluding hydrogens is 244 g/mol. The van der Waals surface area contributed by atoms with Gasteiger partial charge in [-0.2, -0.15) is 0 Å². The zero-order chi connectivity index (χ0) is 13.8. The maximum absolute atomic E-state index is 13.3. The van der Waals surface area contributed by atoms with Crippen LogP contribution in [0.25, 0.3) is 0 Å². The van der Waals surface area contributed by atoms with E-state index >= 15 is 0 Å². The summed E-state index contributed by atoms with van der Waals surface area (Å²) in [6, 6.07) is 3.96. The minimum absolute atomic E-state index is 0.176. The number of anilines is 1. The second-order valence-electron chi connectivity index (χ2n) is 7.15. The zero-order valence-corrected chi connectivity index (χ0v) is 11.8. The van der Waals surface area contributed by atoms with E-state index in [1.165, 1.54) is 31.4 Å². The van der Waals surface area contributed by atoms with Crippen molar-refractivity contribution in [1.29, 1.82) is 0 Å². The van der Waals surface area contributed by atoms with Crippen molar-refractivity contribution < 1.29 is 8.78 Å². The summed E-state index contributed by atoms with van der Waals surface area (Å²) < 4.78 is 26.6. The largest absolute Gasteiger partial charge is 0.381 e. The van der Waals surface area contributed by atoms with Crippen molar-refractivity contribution in [3.63, 3.8) is 0 Å². The Balaban J connectivity index is 1.90. The van der Waals surface area contributed by atoms with Gasteiger partial charge in [0.1, 0.15) is 11.6 Å². The molecule has 2 bridgehead atoms. The first-order chi connectivity index (χ1) is 8.81. The van der Waals surface area contributed by atoms with Crippen molar-refractivity contribution in [2.45, 2.75) is 46.1 Å². The third kappa shape index (κ3) is 1.94. The zero-order valence-electron chi connectivity index (χ0n) is 11.8. The van der Waals surface area contributed by atoms with E-state index < -0.39 is 11.6 Å². The van der Waals surface area contributed by atoms with Gasteiger partial charge in [-0.1, -0.05) is 20.8 Å². The summed E-state index contributed by atoms with van der Waals surface area (Å²) in [5, 5.41) is 3.40. The molecule has 1 aromatic rings. The molecule has 0 heterocycles. The van der Waals surface area contributed by atoms with Crippen LogP contribution in [0.5, 0.6) is 0 Å². The van der Waals surface area contributed by atoms with E-state index in [0.29, 0.717) is 11.6 Å². The topological polar surface area (TPSA) is 12.0 Å². The van der Waals surface area contributed by atoms with Gasteiger partial charge in [0.2, 0.25) is 0 Å². The van der Waals surface area contributed by atoms with Crippen LogP contribution in [0.1, 0.15) is 40.0 Å². The Kier molecular flexibility index (Phi) is 2.67. The highest BCUT2D eigenvalue weighted by Crippen LogP contribution is 2.63. The number of hydrogen-bond donors (Lipinski definition) is 1. The average molecular weight is 265 g/mol. The highest BCUT2D eigenvalue weighted by atomic mass is 19.1. The standard InChI is InChI=1S/C16H21F2N/c1-15(2)10-4-5-16(3,9-10)14(15)19-13-7-11(17)6-12(18)8-13/h6-8,10,14,19H,4-5,9H2,1-3H3/t10-,14?,16+/m0/s1. The van der Waals surface area contributed by atoms with Crippen molar-refractivity contribution in [3.8, 4) is 0 Å². The molecule has 0 spiro atoms. The van der Waals surface area contributed by atoms with E-state index in [4.69, 9.17) is 0 Å². The molecule has 1 N–H and O–H groups in total. The Morgan fingerprint density at radius 3 is 2.26 bits per heavy atom. The Morgan fingerprint density at radius 1 is 1.11 bits per heavy atom. The minimum Gasteiger partial charge on any atom is -0.381 e. The summed E-state index contributed by atoms with van der Waals surface area (Å²) in [5.74, 6) is -0.323. The highest BCUT2D eigenvalue weighted by Gasteiger charge is 2.59. The van der Waals surface area contributed by atoms with E-state index in [1.54, 1.807) is 0 Å². The Morgan fingerprint density at radius 2 is 1.74 bits per heavy atom. The van der Waals surface area contributed by atoms with Gasteiger partial charge in [0.05, 0.1) is 0 Å². The van der Waals surface area contributed by atoms with Gasteiger partial charge in [0, 0.05) is 17.8 Å². The molecule has 104 valence electrons. The second-order valence-corrected chi connectivity index (χ2v) is 7.15. The molecule has 1 aromatic carbocycles. The quantitative estimate of drug-likeness (QED) is 0.824. The van der Waals surface area contributed by atoms with E-state index in [2.05, 4.69) is 26.1 Å². The van der Waals surface area contributed by atoms with Crippen molar-refractivity contribution >= 4 is 5.69 Å². The van der Waals surface area contributed by atoms with Gasteiger partial charge in [-0.3, -0.25) is 0 Å². The fourth-order valence-electron chi connectivity index (χ4n) is 4.47. The van der Waals surface area contributed by atoms with Gasteiger partial charge in [-0.05, 0) is 48.1 Å². The molecule has 2 aliphatic rings. The molecule has 1 unspecified atom stereocenters. The molecule has 3 heteroatoms. The fraction of sp³-hybridized carbons (Fsp3) is 0.625. The maximum atomic E-state index is 13.3. The number of fused-ring (bicyclic) bond motifs is 2. The molecule has 3 rings (SSSR count). The third-order valence-corrected chi connectivity index (χ3v) is 5.44. The van der Waals surface area contributed by atoms with E-state index in [9.17, 15) is 8.78 Å². The summed E-state index contributed by atoms with van der Waals surface area (Å²) in [6.45, 7) is 6.85. The normalized spacial score (nSPS) is 35.6. The lowest BCUT2D eigenvalue weighted by atomic mass is 9.68. The first kappa shape index (κ1) is 12.9. The second kappa shape index (κ2) is 3.94. The van der Waals surface area contributed by atoms with Crippen molar-refractivity contribution in [1.82, 2.24) is 0 Å². The molecule has 0 aromatic heterocycles. The van der Waals surface area contributed by atoms with Crippen molar-refractivity contribution in [2.24, 2.45) is 16.7 Å². The molecule has 2 aliphatic carbocycles. The predicted molar refractivity (Wildman–Crippen MR) is 73.0 cm³/mol. The molecule has 3 atom stereocenters. The lowest BCUT2D eigenvalue weighted by Gasteiger charge is -2.43. The molecule has 0 aliphatic heterocycles. The van der Waals surface area contributed by atoms with E-state index in [1.807, 2.05) is 0 Å². The van der Waals surface area contributed by atoms with Gasteiger partial charge < -0.3 is 5.32 Å². The summed E-state index contributed by atoms with van der Waals surface area (Å²) in [4.78, 5) is 0. The number of halogens is 2. The van der Waals surface area contributed by atoms with Crippen LogP contribution in [-0.4, -0.2) is 6.04 Å². The van der Waals surface area contributed by atoms with Gasteiger partial charge in [-0.25, -0.2) is 8.78 Å². The monoisotopic (exact) mass is 265 g/mol. The highest BCUT2D eigenvalue weighted by molar-refractivity contribution is 5.46. The lowest BCUT2D eigenvalue weighted by molar-refractivity contribution is 0.155. The van der Waals surface area contributed by atoms with Crippen LogP contribution in [-0.2, 0) is 0 Å². The van der Waals surface area contributed by atoms with Crippen LogP contribution in [0.2, 0.25) is 0 Å². The van der Waals surface area contributed by atoms with Gasteiger partial charge in [0.25, 0.3) is 0 Å². The molecule has 1 nitrogen and oxygen atoms in total. The smallest absolute Gasteiger partial charge is 0.128 e. The number of hydrogen-bond acceptors (Lipinski definition) is 1. The van der Waals surface area contributed by atoms with Crippen LogP contribution in [0.4, 0.5) is 14.5 Å². The SMILES string of the molecule is CC1(C)C(Nc2cc(F)cc(F)c2)[C@]2(C)CC[C@H]1C2. The molecule has 0 radical (unpaired) electrons. The Bertz CT molecular complexity index is 486. The Labute approximate surface area is 113 Å². The summed E-state index contributed by atoms with van der Waals surface area (Å²) in [5.41, 5.74) is 0.983. The molecule has 2 saturated carbocycles. The summed E-state index contributed by atoms with van der Waals surface area (Å²) >= 11 is 0. The van der Waals surface area contributed by atoms with Gasteiger partial charge in [-0.15, -0.1) is 0 Å². The molecule has 19 heavy (non-hydrogen) atoms. The van der Waals surface area contributed by atoms with Crippen LogP contribution in [0.15, 0.2) is 18.2 Å². The molecule has 2 fully saturated rings. The van der Waals surface area contributed by atoms with Crippen molar-refractivity contribution in [3.05, 3.63) is 29.8 Å². The van der Waals surface area contributed by atoms with Crippen LogP contribution < -0.4 is 5.32 Å². The first-order valence-corrected chi connectivity index (χ1v) is 7.04. The van der Waals surface area contributed by atoms with Crippen LogP contribution in [0, 0.1) is 28.4 Å².